The first-order valence-corrected chi connectivity index (χ1v) is 23.9. The molecular weight excluding hydrogens is 745 g/mol. The highest BCUT2D eigenvalue weighted by Gasteiger charge is 2.72. The predicted molar refractivity (Wildman–Crippen MR) is 237 cm³/mol. The van der Waals surface area contributed by atoms with Crippen molar-refractivity contribution in [2.75, 3.05) is 0 Å². The van der Waals surface area contributed by atoms with Crippen LogP contribution in [-0.4, -0.2) is 55.2 Å². The standard InChI is InChI=1S/C53H72N2O5/c1-30-21-31(23-34(22-30)32-13-11-10-12-14-32)24-35-28-55-29-36-41-42(50(6,25-38(57)47-49(4,5)60-47)18-15-33-27-54-43(35)44(33)55)37(56)26-53(41,9)52(8)20-16-39-48(2,3)40(58)17-19-51(39,7)46(52)45(36)59/h21-23,27-28,32,36,38-39,45-47,54,57,59H,10-20,24-26,29H2,1-9H3. The van der Waals surface area contributed by atoms with Gasteiger partial charge in [0.1, 0.15) is 11.9 Å². The van der Waals surface area contributed by atoms with Crippen LogP contribution in [0, 0.1) is 51.8 Å². The summed E-state index contributed by atoms with van der Waals surface area (Å²) < 4.78 is 8.49. The highest BCUT2D eigenvalue weighted by molar-refractivity contribution is 6.02. The number of rotatable bonds is 6. The topological polar surface area (TPSA) is 108 Å². The smallest absolute Gasteiger partial charge is 0.160 e. The van der Waals surface area contributed by atoms with Crippen LogP contribution >= 0.6 is 0 Å². The summed E-state index contributed by atoms with van der Waals surface area (Å²) in [7, 11) is 0. The Bertz CT molecular complexity index is 2300. The first-order valence-electron chi connectivity index (χ1n) is 23.9. The lowest BCUT2D eigenvalue weighted by Gasteiger charge is -2.70. The summed E-state index contributed by atoms with van der Waals surface area (Å²) >= 11 is 0. The van der Waals surface area contributed by atoms with Gasteiger partial charge < -0.3 is 24.5 Å². The van der Waals surface area contributed by atoms with Crippen LogP contribution in [0.3, 0.4) is 0 Å². The van der Waals surface area contributed by atoms with Gasteiger partial charge in [-0.05, 0) is 134 Å². The van der Waals surface area contributed by atoms with Gasteiger partial charge in [0.15, 0.2) is 5.78 Å². The number of aliphatic hydroxyl groups excluding tert-OH is 2. The van der Waals surface area contributed by atoms with E-state index in [1.807, 2.05) is 13.8 Å². The van der Waals surface area contributed by atoms with Gasteiger partial charge in [-0.2, -0.15) is 0 Å². The van der Waals surface area contributed by atoms with Crippen LogP contribution in [0.15, 0.2) is 41.7 Å². The lowest BCUT2D eigenvalue weighted by molar-refractivity contribution is -0.220. The molecule has 3 aromatic rings. The molecule has 7 aliphatic rings. The number of nitrogens with zero attached hydrogens (tertiary/aromatic N) is 1. The summed E-state index contributed by atoms with van der Waals surface area (Å²) in [4.78, 5) is 32.6. The molecule has 5 fully saturated rings. The molecule has 0 bridgehead atoms. The second-order valence-corrected chi connectivity index (χ2v) is 23.5. The van der Waals surface area contributed by atoms with E-state index < -0.39 is 28.5 Å². The molecule has 10 rings (SSSR count). The molecule has 4 saturated carbocycles. The van der Waals surface area contributed by atoms with Crippen LogP contribution in [0.25, 0.3) is 11.0 Å². The van der Waals surface area contributed by atoms with Crippen LogP contribution < -0.4 is 0 Å². The van der Waals surface area contributed by atoms with Gasteiger partial charge in [-0.25, -0.2) is 0 Å². The molecule has 2 aliphatic heterocycles. The Hall–Kier alpha value is -3.00. The van der Waals surface area contributed by atoms with Gasteiger partial charge in [0.25, 0.3) is 0 Å². The lowest BCUT2D eigenvalue weighted by atomic mass is 9.34. The van der Waals surface area contributed by atoms with Crippen molar-refractivity contribution in [1.82, 2.24) is 9.55 Å². The molecule has 0 spiro atoms. The van der Waals surface area contributed by atoms with Crippen molar-refractivity contribution in [3.05, 3.63) is 69.6 Å². The maximum atomic E-state index is 15.2. The van der Waals surface area contributed by atoms with E-state index in [2.05, 4.69) is 88.6 Å². The largest absolute Gasteiger partial charge is 0.392 e. The number of Topliss-reactive ketones (excluding diaryl/α,β-unsaturated/α-hetero) is 2. The number of nitrogens with one attached hydrogen (secondary N) is 1. The minimum absolute atomic E-state index is 0.0794. The first-order chi connectivity index (χ1) is 28.2. The van der Waals surface area contributed by atoms with Crippen molar-refractivity contribution >= 4 is 22.6 Å². The number of H-pyrrole nitrogens is 1. The highest BCUT2D eigenvalue weighted by atomic mass is 16.6. The molecule has 7 nitrogen and oxygen atoms in total. The SMILES string of the molecule is Cc1cc(Cc2cn3c4c(c[nH]c24)CCC(C)(CC(O)C2OC2(C)C)C2=C4C(C3)C(O)C3C5(C)CCC(=O)C(C)(C)C5CCC3(C)C4(C)CC2=O)cc(C2CCCCC2)c1. The molecule has 0 radical (unpaired) electrons. The Balaban J connectivity index is 1.13. The Kier molecular flexibility index (Phi) is 9.24. The van der Waals surface area contributed by atoms with Gasteiger partial charge in [-0.15, -0.1) is 0 Å². The van der Waals surface area contributed by atoms with E-state index in [4.69, 9.17) is 4.74 Å². The van der Waals surface area contributed by atoms with Crippen molar-refractivity contribution in [3.8, 4) is 0 Å². The number of ether oxygens (including phenoxy) is 1. The monoisotopic (exact) mass is 817 g/mol. The molecule has 0 amide bonds. The number of aliphatic hydroxyl groups is 2. The van der Waals surface area contributed by atoms with E-state index in [0.29, 0.717) is 43.9 Å². The number of aromatic amines is 1. The summed E-state index contributed by atoms with van der Waals surface area (Å²) in [5.41, 5.74) is 8.57. The second-order valence-electron chi connectivity index (χ2n) is 23.5. The number of hydrogen-bond donors (Lipinski definition) is 3. The Labute approximate surface area is 358 Å². The number of epoxide rings is 1. The predicted octanol–water partition coefficient (Wildman–Crippen LogP) is 10.5. The number of hydrogen-bond acceptors (Lipinski definition) is 5. The normalized spacial score (nSPS) is 39.0. The van der Waals surface area contributed by atoms with Crippen molar-refractivity contribution in [2.45, 2.75) is 189 Å². The summed E-state index contributed by atoms with van der Waals surface area (Å²) in [5, 5.41) is 25.4. The van der Waals surface area contributed by atoms with E-state index >= 15 is 4.79 Å². The molecule has 324 valence electrons. The van der Waals surface area contributed by atoms with Crippen molar-refractivity contribution in [3.63, 3.8) is 0 Å². The average molecular weight is 817 g/mol. The average Bonchev–Trinajstić information content (AvgIpc) is 3.43. The van der Waals surface area contributed by atoms with Gasteiger partial charge in [0.05, 0.1) is 28.8 Å². The van der Waals surface area contributed by atoms with Gasteiger partial charge in [-0.3, -0.25) is 9.59 Å². The summed E-state index contributed by atoms with van der Waals surface area (Å²) in [6.45, 7) is 20.6. The number of fused-ring (bicyclic) bond motifs is 4. The van der Waals surface area contributed by atoms with Crippen molar-refractivity contribution < 1.29 is 24.5 Å². The molecule has 2 aromatic heterocycles. The summed E-state index contributed by atoms with van der Waals surface area (Å²) in [6, 6.07) is 7.25. The fraction of sp³-hybridized carbons (Fsp3) is 0.698. The maximum Gasteiger partial charge on any atom is 0.160 e. The number of carbonyl (C=O) groups is 2. The molecule has 1 saturated heterocycles. The molecule has 4 heterocycles. The van der Waals surface area contributed by atoms with Crippen LogP contribution in [0.1, 0.15) is 166 Å². The molecule has 1 aromatic carbocycles. The lowest BCUT2D eigenvalue weighted by Crippen LogP contribution is -2.67. The maximum absolute atomic E-state index is 15.2. The molecule has 7 heteroatoms. The Morgan fingerprint density at radius 2 is 1.67 bits per heavy atom. The van der Waals surface area contributed by atoms with Gasteiger partial charge in [0.2, 0.25) is 0 Å². The van der Waals surface area contributed by atoms with Crippen LogP contribution in [-0.2, 0) is 33.7 Å². The molecule has 60 heavy (non-hydrogen) atoms. The van der Waals surface area contributed by atoms with E-state index in [0.717, 1.165) is 43.3 Å². The fourth-order valence-corrected chi connectivity index (χ4v) is 16.0. The molecule has 10 unspecified atom stereocenters. The third-order valence-corrected chi connectivity index (χ3v) is 19.2. The number of aromatic nitrogens is 2. The Morgan fingerprint density at radius 1 is 0.933 bits per heavy atom. The first kappa shape index (κ1) is 41.0. The Morgan fingerprint density at radius 3 is 2.38 bits per heavy atom. The summed E-state index contributed by atoms with van der Waals surface area (Å²) in [5.74, 6) is 0.984. The molecule has 5 aliphatic carbocycles. The van der Waals surface area contributed by atoms with E-state index in [9.17, 15) is 15.0 Å². The van der Waals surface area contributed by atoms with E-state index in [1.165, 1.54) is 71.0 Å². The second kappa shape index (κ2) is 13.5. The fourth-order valence-electron chi connectivity index (χ4n) is 16.0. The quantitative estimate of drug-likeness (QED) is 0.215. The highest BCUT2D eigenvalue weighted by Crippen LogP contribution is 2.75. The number of benzene rings is 1. The van der Waals surface area contributed by atoms with Crippen LogP contribution in [0.4, 0.5) is 0 Å². The third kappa shape index (κ3) is 5.82. The number of allylic oxidation sites excluding steroid dienone is 1. The minimum Gasteiger partial charge on any atom is -0.392 e. The molecule has 10 atom stereocenters. The van der Waals surface area contributed by atoms with Gasteiger partial charge >= 0.3 is 0 Å². The molecular formula is C53H72N2O5. The zero-order chi connectivity index (χ0) is 42.5. The minimum atomic E-state index is -0.707. The van der Waals surface area contributed by atoms with Gasteiger partial charge in [0, 0.05) is 60.5 Å². The number of carbonyl (C=O) groups excluding carboxylic acids is 2. The third-order valence-electron chi connectivity index (χ3n) is 19.2. The van der Waals surface area contributed by atoms with E-state index in [-0.39, 0.29) is 46.1 Å². The van der Waals surface area contributed by atoms with E-state index in [1.54, 1.807) is 0 Å². The zero-order valence-corrected chi connectivity index (χ0v) is 38.1. The van der Waals surface area contributed by atoms with Crippen molar-refractivity contribution in [1.29, 1.82) is 0 Å². The molecule has 3 N–H and O–H groups in total. The van der Waals surface area contributed by atoms with Crippen molar-refractivity contribution in [2.24, 2.45) is 44.8 Å². The van der Waals surface area contributed by atoms with Crippen LogP contribution in [0.5, 0.6) is 0 Å². The van der Waals surface area contributed by atoms with Crippen LogP contribution in [0.2, 0.25) is 0 Å². The van der Waals surface area contributed by atoms with Gasteiger partial charge in [-0.1, -0.05) is 84.6 Å². The number of ketones is 2. The number of aryl methyl sites for hydroxylation is 2. The zero-order valence-electron chi connectivity index (χ0n) is 38.1. The summed E-state index contributed by atoms with van der Waals surface area (Å²) in [6.07, 6.45) is 15.7.